The number of halogens is 2. The van der Waals surface area contributed by atoms with Gasteiger partial charge in [0.05, 0.1) is 6.04 Å². The number of hydrogen-bond donors (Lipinski definition) is 2. The standard InChI is InChI=1S/C14H20Cl2N2O/c1-8(2)17-14(19)10(4)18-9(3)12-6-5-11(15)7-13(12)16/h5-10,18H,1-4H3,(H,17,19)/t9-,10+/m0/s1. The molecule has 0 aliphatic heterocycles. The van der Waals surface area contributed by atoms with E-state index < -0.39 is 0 Å². The van der Waals surface area contributed by atoms with Crippen LogP contribution in [0.5, 0.6) is 0 Å². The fourth-order valence-electron chi connectivity index (χ4n) is 1.80. The Balaban J connectivity index is 2.68. The van der Waals surface area contributed by atoms with Crippen LogP contribution in [0.1, 0.15) is 39.3 Å². The second-order valence-corrected chi connectivity index (χ2v) is 5.78. The maximum atomic E-state index is 11.8. The second kappa shape index (κ2) is 7.13. The van der Waals surface area contributed by atoms with E-state index in [0.717, 1.165) is 5.56 Å². The summed E-state index contributed by atoms with van der Waals surface area (Å²) in [6.45, 7) is 7.67. The first-order valence-corrected chi connectivity index (χ1v) is 7.08. The molecule has 5 heteroatoms. The van der Waals surface area contributed by atoms with E-state index in [1.54, 1.807) is 12.1 Å². The van der Waals surface area contributed by atoms with Crippen molar-refractivity contribution in [2.45, 2.75) is 45.8 Å². The van der Waals surface area contributed by atoms with Gasteiger partial charge in [-0.25, -0.2) is 0 Å². The molecule has 0 aromatic heterocycles. The molecule has 0 fully saturated rings. The van der Waals surface area contributed by atoms with Crippen LogP contribution >= 0.6 is 23.2 Å². The van der Waals surface area contributed by atoms with E-state index in [1.165, 1.54) is 0 Å². The van der Waals surface area contributed by atoms with Crippen molar-refractivity contribution in [3.8, 4) is 0 Å². The molecule has 0 radical (unpaired) electrons. The Bertz CT molecular complexity index is 449. The van der Waals surface area contributed by atoms with Gasteiger partial charge in [-0.2, -0.15) is 0 Å². The lowest BCUT2D eigenvalue weighted by Crippen LogP contribution is -2.45. The quantitative estimate of drug-likeness (QED) is 0.873. The number of carbonyl (C=O) groups excluding carboxylic acids is 1. The molecule has 2 N–H and O–H groups in total. The molecule has 0 saturated carbocycles. The monoisotopic (exact) mass is 302 g/mol. The lowest BCUT2D eigenvalue weighted by atomic mass is 10.1. The van der Waals surface area contributed by atoms with E-state index in [4.69, 9.17) is 23.2 Å². The molecule has 0 aliphatic rings. The van der Waals surface area contributed by atoms with Gasteiger partial charge in [0, 0.05) is 22.1 Å². The molecular weight excluding hydrogens is 283 g/mol. The largest absolute Gasteiger partial charge is 0.353 e. The van der Waals surface area contributed by atoms with Crippen molar-refractivity contribution in [3.63, 3.8) is 0 Å². The van der Waals surface area contributed by atoms with Crippen molar-refractivity contribution in [2.75, 3.05) is 0 Å². The summed E-state index contributed by atoms with van der Waals surface area (Å²) < 4.78 is 0. The highest BCUT2D eigenvalue weighted by molar-refractivity contribution is 6.35. The Kier molecular flexibility index (Phi) is 6.11. The summed E-state index contributed by atoms with van der Waals surface area (Å²) in [7, 11) is 0. The summed E-state index contributed by atoms with van der Waals surface area (Å²) in [6.07, 6.45) is 0. The van der Waals surface area contributed by atoms with Crippen LogP contribution in [-0.2, 0) is 4.79 Å². The molecule has 0 unspecified atom stereocenters. The fraction of sp³-hybridized carbons (Fsp3) is 0.500. The molecule has 0 spiro atoms. The number of carbonyl (C=O) groups is 1. The Morgan fingerprint density at radius 1 is 1.16 bits per heavy atom. The summed E-state index contributed by atoms with van der Waals surface area (Å²) in [5, 5.41) is 7.29. The number of amides is 1. The third kappa shape index (κ3) is 5.01. The molecule has 106 valence electrons. The Morgan fingerprint density at radius 3 is 2.32 bits per heavy atom. The van der Waals surface area contributed by atoms with Gasteiger partial charge in [0.2, 0.25) is 5.91 Å². The summed E-state index contributed by atoms with van der Waals surface area (Å²) in [6, 6.07) is 5.18. The van der Waals surface area contributed by atoms with E-state index in [2.05, 4.69) is 10.6 Å². The molecule has 0 bridgehead atoms. The maximum Gasteiger partial charge on any atom is 0.237 e. The zero-order valence-corrected chi connectivity index (χ0v) is 13.1. The van der Waals surface area contributed by atoms with Crippen LogP contribution in [0.15, 0.2) is 18.2 Å². The SMILES string of the molecule is CC(C)NC(=O)[C@@H](C)N[C@@H](C)c1ccc(Cl)cc1Cl. The van der Waals surface area contributed by atoms with Crippen molar-refractivity contribution in [1.29, 1.82) is 0 Å². The predicted molar refractivity (Wildman–Crippen MR) is 80.8 cm³/mol. The van der Waals surface area contributed by atoms with E-state index in [-0.39, 0.29) is 24.0 Å². The van der Waals surface area contributed by atoms with Gasteiger partial charge in [0.25, 0.3) is 0 Å². The molecule has 3 nitrogen and oxygen atoms in total. The van der Waals surface area contributed by atoms with Gasteiger partial charge in [-0.15, -0.1) is 0 Å². The summed E-state index contributed by atoms with van der Waals surface area (Å²) in [5.74, 6) is -0.0214. The first-order valence-electron chi connectivity index (χ1n) is 6.32. The minimum Gasteiger partial charge on any atom is -0.353 e. The van der Waals surface area contributed by atoms with Crippen molar-refractivity contribution >= 4 is 29.1 Å². The van der Waals surface area contributed by atoms with E-state index in [1.807, 2.05) is 33.8 Å². The van der Waals surface area contributed by atoms with Gasteiger partial charge < -0.3 is 5.32 Å². The van der Waals surface area contributed by atoms with Gasteiger partial charge in [-0.1, -0.05) is 29.3 Å². The molecule has 19 heavy (non-hydrogen) atoms. The fourth-order valence-corrected chi connectivity index (χ4v) is 2.37. The van der Waals surface area contributed by atoms with Gasteiger partial charge >= 0.3 is 0 Å². The van der Waals surface area contributed by atoms with Crippen LogP contribution in [-0.4, -0.2) is 18.0 Å². The predicted octanol–water partition coefficient (Wildman–Crippen LogP) is 3.56. The van der Waals surface area contributed by atoms with Crippen molar-refractivity contribution in [3.05, 3.63) is 33.8 Å². The molecule has 1 aromatic rings. The summed E-state index contributed by atoms with van der Waals surface area (Å²) in [5.41, 5.74) is 0.926. The minimum atomic E-state index is -0.288. The zero-order chi connectivity index (χ0) is 14.6. The van der Waals surface area contributed by atoms with Crippen LogP contribution < -0.4 is 10.6 Å². The first kappa shape index (κ1) is 16.3. The molecular formula is C14H20Cl2N2O. The van der Waals surface area contributed by atoms with Gasteiger partial charge in [-0.3, -0.25) is 10.1 Å². The van der Waals surface area contributed by atoms with E-state index in [9.17, 15) is 4.79 Å². The average Bonchev–Trinajstić information content (AvgIpc) is 2.27. The Hall–Kier alpha value is -0.770. The second-order valence-electron chi connectivity index (χ2n) is 4.94. The lowest BCUT2D eigenvalue weighted by molar-refractivity contribution is -0.123. The number of nitrogens with one attached hydrogen (secondary N) is 2. The highest BCUT2D eigenvalue weighted by Crippen LogP contribution is 2.26. The molecule has 0 heterocycles. The zero-order valence-electron chi connectivity index (χ0n) is 11.6. The van der Waals surface area contributed by atoms with Crippen molar-refractivity contribution in [2.24, 2.45) is 0 Å². The first-order chi connectivity index (χ1) is 8.81. The number of hydrogen-bond acceptors (Lipinski definition) is 2. The summed E-state index contributed by atoms with van der Waals surface area (Å²) in [4.78, 5) is 11.8. The average molecular weight is 303 g/mol. The van der Waals surface area contributed by atoms with Crippen molar-refractivity contribution < 1.29 is 4.79 Å². The third-order valence-corrected chi connectivity index (χ3v) is 3.32. The Labute approximate surface area is 124 Å². The highest BCUT2D eigenvalue weighted by atomic mass is 35.5. The van der Waals surface area contributed by atoms with Crippen LogP contribution in [0.4, 0.5) is 0 Å². The summed E-state index contributed by atoms with van der Waals surface area (Å²) >= 11 is 12.0. The number of rotatable bonds is 5. The smallest absolute Gasteiger partial charge is 0.237 e. The van der Waals surface area contributed by atoms with Crippen LogP contribution in [0, 0.1) is 0 Å². The molecule has 1 aromatic carbocycles. The van der Waals surface area contributed by atoms with Crippen LogP contribution in [0.25, 0.3) is 0 Å². The van der Waals surface area contributed by atoms with E-state index >= 15 is 0 Å². The van der Waals surface area contributed by atoms with Crippen LogP contribution in [0.2, 0.25) is 10.0 Å². The van der Waals surface area contributed by atoms with Gasteiger partial charge in [-0.05, 0) is 45.4 Å². The molecule has 2 atom stereocenters. The third-order valence-electron chi connectivity index (χ3n) is 2.75. The van der Waals surface area contributed by atoms with Crippen molar-refractivity contribution in [1.82, 2.24) is 10.6 Å². The number of benzene rings is 1. The highest BCUT2D eigenvalue weighted by Gasteiger charge is 2.18. The van der Waals surface area contributed by atoms with Gasteiger partial charge in [0.15, 0.2) is 0 Å². The molecule has 0 saturated heterocycles. The lowest BCUT2D eigenvalue weighted by Gasteiger charge is -2.21. The molecule has 1 amide bonds. The minimum absolute atomic E-state index is 0.0214. The maximum absolute atomic E-state index is 11.8. The van der Waals surface area contributed by atoms with Gasteiger partial charge in [0.1, 0.15) is 0 Å². The van der Waals surface area contributed by atoms with Crippen LogP contribution in [0.3, 0.4) is 0 Å². The topological polar surface area (TPSA) is 41.1 Å². The molecule has 0 aliphatic carbocycles. The van der Waals surface area contributed by atoms with E-state index in [0.29, 0.717) is 10.0 Å². The molecule has 1 rings (SSSR count). The Morgan fingerprint density at radius 2 is 1.79 bits per heavy atom. The normalized spacial score (nSPS) is 14.3.